The number of benzene rings is 3. The molecule has 0 unspecified atom stereocenters. The molecular formula is C27H26N2O5S. The molecule has 4 rings (SSSR count). The number of aryl methyl sites for hydroxylation is 1. The molecule has 7 nitrogen and oxygen atoms in total. The van der Waals surface area contributed by atoms with Crippen molar-refractivity contribution in [1.29, 1.82) is 0 Å². The Morgan fingerprint density at radius 2 is 1.63 bits per heavy atom. The van der Waals surface area contributed by atoms with Crippen LogP contribution in [0.5, 0.6) is 5.75 Å². The molecule has 0 aliphatic carbocycles. The molecule has 1 heterocycles. The molecule has 0 saturated heterocycles. The topological polar surface area (TPSA) is 88.8 Å². The van der Waals surface area contributed by atoms with Crippen LogP contribution in [0.3, 0.4) is 0 Å². The third-order valence-electron chi connectivity index (χ3n) is 5.31. The number of anilines is 1. The summed E-state index contributed by atoms with van der Waals surface area (Å²) in [4.78, 5) is 12.3. The number of sulfonamides is 1. The highest BCUT2D eigenvalue weighted by molar-refractivity contribution is 7.92. The lowest BCUT2D eigenvalue weighted by Crippen LogP contribution is -2.30. The molecule has 0 radical (unpaired) electrons. The minimum Gasteiger partial charge on any atom is -0.484 e. The Kier molecular flexibility index (Phi) is 7.52. The minimum atomic E-state index is -3.82. The van der Waals surface area contributed by atoms with Gasteiger partial charge in [-0.05, 0) is 61.0 Å². The standard InChI is InChI=1S/C27H26N2O5S/c1-21-9-15-26(16-10-21)35(31,32)29(19-22-6-3-2-4-7-22)23-11-13-24(14-12-23)34-20-27(30)28-18-25-8-5-17-33-25/h2-17H,18-20H2,1H3,(H,28,30). The van der Waals surface area contributed by atoms with E-state index in [-0.39, 0.29) is 30.5 Å². The first-order valence-electron chi connectivity index (χ1n) is 11.1. The van der Waals surface area contributed by atoms with Gasteiger partial charge in [0.2, 0.25) is 0 Å². The molecule has 8 heteroatoms. The van der Waals surface area contributed by atoms with Gasteiger partial charge in [0.05, 0.1) is 29.9 Å². The Balaban J connectivity index is 1.49. The zero-order valence-electron chi connectivity index (χ0n) is 19.3. The fraction of sp³-hybridized carbons (Fsp3) is 0.148. The summed E-state index contributed by atoms with van der Waals surface area (Å²) in [5.74, 6) is 0.809. The van der Waals surface area contributed by atoms with E-state index in [9.17, 15) is 13.2 Å². The molecule has 0 atom stereocenters. The second-order valence-electron chi connectivity index (χ2n) is 7.95. The van der Waals surface area contributed by atoms with Gasteiger partial charge in [0, 0.05) is 0 Å². The third-order valence-corrected chi connectivity index (χ3v) is 7.10. The predicted octanol–water partition coefficient (Wildman–Crippen LogP) is 4.68. The molecule has 0 aliphatic rings. The van der Waals surface area contributed by atoms with Crippen LogP contribution >= 0.6 is 0 Å². The number of hydrogen-bond donors (Lipinski definition) is 1. The highest BCUT2D eigenvalue weighted by atomic mass is 32.2. The Hall–Kier alpha value is -4.04. The molecule has 0 fully saturated rings. The van der Waals surface area contributed by atoms with E-state index in [0.717, 1.165) is 11.1 Å². The molecule has 0 spiro atoms. The van der Waals surface area contributed by atoms with Crippen LogP contribution in [0, 0.1) is 6.92 Å². The van der Waals surface area contributed by atoms with Crippen LogP contribution in [0.15, 0.2) is 107 Å². The first-order valence-corrected chi connectivity index (χ1v) is 12.5. The quantitative estimate of drug-likeness (QED) is 0.349. The minimum absolute atomic E-state index is 0.171. The van der Waals surface area contributed by atoms with Crippen LogP contribution in [0.25, 0.3) is 0 Å². The highest BCUT2D eigenvalue weighted by Crippen LogP contribution is 2.28. The van der Waals surface area contributed by atoms with E-state index in [1.807, 2.05) is 37.3 Å². The maximum atomic E-state index is 13.6. The Morgan fingerprint density at radius 1 is 0.914 bits per heavy atom. The number of rotatable bonds is 10. The zero-order valence-corrected chi connectivity index (χ0v) is 20.1. The van der Waals surface area contributed by atoms with Gasteiger partial charge in [0.1, 0.15) is 11.5 Å². The average Bonchev–Trinajstić information content (AvgIpc) is 3.40. The molecule has 35 heavy (non-hydrogen) atoms. The van der Waals surface area contributed by atoms with Gasteiger partial charge in [-0.25, -0.2) is 8.42 Å². The van der Waals surface area contributed by atoms with E-state index in [2.05, 4.69) is 5.32 Å². The van der Waals surface area contributed by atoms with Crippen molar-refractivity contribution in [3.8, 4) is 5.75 Å². The summed E-state index contributed by atoms with van der Waals surface area (Å²) in [5.41, 5.74) is 2.33. The fourth-order valence-corrected chi connectivity index (χ4v) is 4.86. The first-order chi connectivity index (χ1) is 16.9. The summed E-state index contributed by atoms with van der Waals surface area (Å²) in [6.07, 6.45) is 1.54. The first kappa shape index (κ1) is 24.1. The van der Waals surface area contributed by atoms with Crippen molar-refractivity contribution in [1.82, 2.24) is 5.32 Å². The van der Waals surface area contributed by atoms with Crippen LogP contribution in [-0.2, 0) is 27.9 Å². The van der Waals surface area contributed by atoms with E-state index in [4.69, 9.17) is 9.15 Å². The van der Waals surface area contributed by atoms with Crippen LogP contribution in [0.4, 0.5) is 5.69 Å². The van der Waals surface area contributed by atoms with Gasteiger partial charge >= 0.3 is 0 Å². The normalized spacial score (nSPS) is 11.1. The van der Waals surface area contributed by atoms with E-state index in [1.54, 1.807) is 66.9 Å². The predicted molar refractivity (Wildman–Crippen MR) is 133 cm³/mol. The van der Waals surface area contributed by atoms with E-state index in [0.29, 0.717) is 17.2 Å². The Labute approximate surface area is 205 Å². The number of hydrogen-bond acceptors (Lipinski definition) is 5. The Morgan fingerprint density at radius 3 is 2.29 bits per heavy atom. The van der Waals surface area contributed by atoms with E-state index < -0.39 is 10.0 Å². The van der Waals surface area contributed by atoms with Gasteiger partial charge in [-0.3, -0.25) is 9.10 Å². The molecule has 0 bridgehead atoms. The van der Waals surface area contributed by atoms with Gasteiger partial charge in [-0.1, -0.05) is 48.0 Å². The third kappa shape index (κ3) is 6.30. The maximum absolute atomic E-state index is 13.6. The fourth-order valence-electron chi connectivity index (χ4n) is 3.41. The van der Waals surface area contributed by atoms with Crippen molar-refractivity contribution in [2.24, 2.45) is 0 Å². The molecule has 1 aromatic heterocycles. The number of amides is 1. The molecular weight excluding hydrogens is 464 g/mol. The van der Waals surface area contributed by atoms with Gasteiger partial charge in [0.15, 0.2) is 6.61 Å². The SMILES string of the molecule is Cc1ccc(S(=O)(=O)N(Cc2ccccc2)c2ccc(OCC(=O)NCc3ccco3)cc2)cc1. The van der Waals surface area contributed by atoms with Crippen LogP contribution in [0.1, 0.15) is 16.9 Å². The average molecular weight is 491 g/mol. The van der Waals surface area contributed by atoms with Gasteiger partial charge < -0.3 is 14.5 Å². The molecule has 4 aromatic rings. The number of carbonyl (C=O) groups is 1. The van der Waals surface area contributed by atoms with Crippen molar-refractivity contribution in [2.75, 3.05) is 10.9 Å². The highest BCUT2D eigenvalue weighted by Gasteiger charge is 2.25. The van der Waals surface area contributed by atoms with Crippen molar-refractivity contribution in [3.05, 3.63) is 114 Å². The summed E-state index contributed by atoms with van der Waals surface area (Å²) in [6, 6.07) is 26.4. The molecule has 1 amide bonds. The smallest absolute Gasteiger partial charge is 0.264 e. The number of nitrogens with zero attached hydrogens (tertiary/aromatic N) is 1. The van der Waals surface area contributed by atoms with Crippen LogP contribution < -0.4 is 14.4 Å². The number of ether oxygens (including phenoxy) is 1. The summed E-state index contributed by atoms with van der Waals surface area (Å²) in [6.45, 7) is 2.19. The molecule has 3 aromatic carbocycles. The van der Waals surface area contributed by atoms with Gasteiger partial charge in [-0.15, -0.1) is 0 Å². The maximum Gasteiger partial charge on any atom is 0.264 e. The second-order valence-corrected chi connectivity index (χ2v) is 9.81. The molecule has 180 valence electrons. The lowest BCUT2D eigenvalue weighted by Gasteiger charge is -2.25. The summed E-state index contributed by atoms with van der Waals surface area (Å²) >= 11 is 0. The number of carbonyl (C=O) groups excluding carboxylic acids is 1. The van der Waals surface area contributed by atoms with Crippen molar-refractivity contribution >= 4 is 21.6 Å². The largest absolute Gasteiger partial charge is 0.484 e. The lowest BCUT2D eigenvalue weighted by molar-refractivity contribution is -0.123. The van der Waals surface area contributed by atoms with Crippen molar-refractivity contribution in [3.63, 3.8) is 0 Å². The van der Waals surface area contributed by atoms with Crippen LogP contribution in [-0.4, -0.2) is 20.9 Å². The van der Waals surface area contributed by atoms with E-state index in [1.165, 1.54) is 4.31 Å². The van der Waals surface area contributed by atoms with Gasteiger partial charge in [-0.2, -0.15) is 0 Å². The Bertz CT molecular complexity index is 1340. The lowest BCUT2D eigenvalue weighted by atomic mass is 10.2. The zero-order chi connectivity index (χ0) is 24.7. The second kappa shape index (κ2) is 10.9. The van der Waals surface area contributed by atoms with E-state index >= 15 is 0 Å². The van der Waals surface area contributed by atoms with Gasteiger partial charge in [0.25, 0.3) is 15.9 Å². The summed E-state index contributed by atoms with van der Waals surface area (Å²) in [5, 5.41) is 2.71. The van der Waals surface area contributed by atoms with Crippen molar-refractivity contribution < 1.29 is 22.4 Å². The summed E-state index contributed by atoms with van der Waals surface area (Å²) < 4.78 is 39.2. The molecule has 0 aliphatic heterocycles. The van der Waals surface area contributed by atoms with Crippen LogP contribution in [0.2, 0.25) is 0 Å². The number of furan rings is 1. The number of nitrogens with one attached hydrogen (secondary N) is 1. The summed E-state index contributed by atoms with van der Waals surface area (Å²) in [7, 11) is -3.82. The molecule has 0 saturated carbocycles. The van der Waals surface area contributed by atoms with Crippen molar-refractivity contribution in [2.45, 2.75) is 24.9 Å². The monoisotopic (exact) mass is 490 g/mol. The molecule has 1 N–H and O–H groups in total.